The number of rotatable bonds is 6. The summed E-state index contributed by atoms with van der Waals surface area (Å²) < 4.78 is 7.05. The fraction of sp³-hybridized carbons (Fsp3) is 0.480. The van der Waals surface area contributed by atoms with Crippen LogP contribution in [-0.4, -0.2) is 42.1 Å². The van der Waals surface area contributed by atoms with Crippen molar-refractivity contribution in [1.82, 2.24) is 4.90 Å². The molecule has 1 fully saturated rings. The largest absolute Gasteiger partial charge is 0.465 e. The van der Waals surface area contributed by atoms with Crippen molar-refractivity contribution in [3.05, 3.63) is 60.7 Å². The van der Waals surface area contributed by atoms with Crippen LogP contribution in [0, 0.1) is 0 Å². The lowest BCUT2D eigenvalue weighted by atomic mass is 10.0. The average molecular weight is 426 g/mol. The van der Waals surface area contributed by atoms with Crippen molar-refractivity contribution >= 4 is 24.8 Å². The number of nitrogens with zero attached hydrogens (tertiary/aromatic N) is 1. The first-order chi connectivity index (χ1) is 13.9. The third kappa shape index (κ3) is 4.05. The Morgan fingerprint density at radius 3 is 1.67 bits per heavy atom. The normalized spacial score (nSPS) is 16.2. The first-order valence-electron chi connectivity index (χ1n) is 10.7. The molecule has 0 heterocycles. The molecule has 3 rings (SSSR count). The van der Waals surface area contributed by atoms with Crippen molar-refractivity contribution in [3.8, 4) is 0 Å². The highest BCUT2D eigenvalue weighted by atomic mass is 28.4. The second-order valence-electron chi connectivity index (χ2n) is 10.5. The smallest absolute Gasteiger partial charge is 0.408 e. The van der Waals surface area contributed by atoms with Crippen molar-refractivity contribution in [2.75, 3.05) is 6.61 Å². The Bertz CT molecular complexity index is 825. The highest BCUT2D eigenvalue weighted by molar-refractivity contribution is 6.99. The van der Waals surface area contributed by atoms with Crippen molar-refractivity contribution < 1.29 is 14.3 Å². The van der Waals surface area contributed by atoms with Gasteiger partial charge in [-0.2, -0.15) is 0 Å². The van der Waals surface area contributed by atoms with Crippen LogP contribution < -0.4 is 10.4 Å². The van der Waals surface area contributed by atoms with Crippen LogP contribution in [0.2, 0.25) is 5.04 Å². The van der Waals surface area contributed by atoms with Gasteiger partial charge in [-0.15, -0.1) is 0 Å². The van der Waals surface area contributed by atoms with E-state index in [2.05, 4.69) is 69.3 Å². The summed E-state index contributed by atoms with van der Waals surface area (Å²) in [5, 5.41) is 12.3. The van der Waals surface area contributed by atoms with Crippen LogP contribution in [0.25, 0.3) is 0 Å². The summed E-state index contributed by atoms with van der Waals surface area (Å²) in [7, 11) is -2.68. The number of amides is 1. The van der Waals surface area contributed by atoms with Crippen LogP contribution in [0.1, 0.15) is 54.4 Å². The molecule has 30 heavy (non-hydrogen) atoms. The molecule has 0 bridgehead atoms. The minimum Gasteiger partial charge on any atom is -0.465 e. The van der Waals surface area contributed by atoms with E-state index in [0.29, 0.717) is 6.61 Å². The summed E-state index contributed by atoms with van der Waals surface area (Å²) in [6.07, 6.45) is 0.815. The lowest BCUT2D eigenvalue weighted by Gasteiger charge is -2.46. The molecule has 4 nitrogen and oxygen atoms in total. The first-order valence-corrected chi connectivity index (χ1v) is 12.6. The highest BCUT2D eigenvalue weighted by Gasteiger charge is 2.58. The third-order valence-electron chi connectivity index (χ3n) is 6.14. The highest BCUT2D eigenvalue weighted by Crippen LogP contribution is 2.47. The zero-order chi connectivity index (χ0) is 22.2. The second-order valence-corrected chi connectivity index (χ2v) is 14.8. The lowest BCUT2D eigenvalue weighted by Crippen LogP contribution is -2.68. The summed E-state index contributed by atoms with van der Waals surface area (Å²) >= 11 is 0. The van der Waals surface area contributed by atoms with E-state index in [1.807, 2.05) is 32.9 Å². The maximum atomic E-state index is 12.2. The Morgan fingerprint density at radius 2 is 1.37 bits per heavy atom. The van der Waals surface area contributed by atoms with Gasteiger partial charge in [-0.05, 0) is 49.0 Å². The molecule has 0 saturated heterocycles. The van der Waals surface area contributed by atoms with Crippen LogP contribution >= 0.6 is 0 Å². The molecule has 0 radical (unpaired) electrons. The predicted molar refractivity (Wildman–Crippen MR) is 125 cm³/mol. The van der Waals surface area contributed by atoms with Gasteiger partial charge in [-0.1, -0.05) is 81.4 Å². The molecule has 1 saturated carbocycles. The van der Waals surface area contributed by atoms with Gasteiger partial charge in [-0.25, -0.2) is 4.79 Å². The zero-order valence-corrected chi connectivity index (χ0v) is 20.1. The van der Waals surface area contributed by atoms with Crippen LogP contribution in [0.4, 0.5) is 4.79 Å². The van der Waals surface area contributed by atoms with E-state index in [1.165, 1.54) is 10.4 Å². The van der Waals surface area contributed by atoms with Crippen LogP contribution in [0.3, 0.4) is 0 Å². The molecule has 5 heteroatoms. The number of hydrogen-bond donors (Lipinski definition) is 1. The zero-order valence-electron chi connectivity index (χ0n) is 19.1. The van der Waals surface area contributed by atoms with E-state index in [1.54, 1.807) is 4.90 Å². The first kappa shape index (κ1) is 22.6. The number of carbonyl (C=O) groups is 1. The molecule has 0 atom stereocenters. The molecule has 0 spiro atoms. The van der Waals surface area contributed by atoms with Gasteiger partial charge < -0.3 is 9.53 Å². The van der Waals surface area contributed by atoms with E-state index >= 15 is 0 Å². The Hall–Kier alpha value is -2.11. The molecule has 1 aliphatic carbocycles. The van der Waals surface area contributed by atoms with E-state index in [4.69, 9.17) is 4.43 Å². The molecule has 0 aromatic heterocycles. The van der Waals surface area contributed by atoms with Gasteiger partial charge in [0.1, 0.15) is 0 Å². The molecule has 1 N–H and O–H groups in total. The van der Waals surface area contributed by atoms with Gasteiger partial charge in [0.2, 0.25) is 0 Å². The van der Waals surface area contributed by atoms with E-state index in [9.17, 15) is 9.90 Å². The molecule has 0 aliphatic heterocycles. The maximum absolute atomic E-state index is 12.2. The molecule has 2 aromatic carbocycles. The van der Waals surface area contributed by atoms with Crippen molar-refractivity contribution in [2.45, 2.75) is 70.5 Å². The fourth-order valence-electron chi connectivity index (χ4n) is 4.78. The van der Waals surface area contributed by atoms with Gasteiger partial charge >= 0.3 is 6.09 Å². The van der Waals surface area contributed by atoms with Crippen molar-refractivity contribution in [3.63, 3.8) is 0 Å². The maximum Gasteiger partial charge on any atom is 0.408 e. The molecule has 1 aliphatic rings. The van der Waals surface area contributed by atoms with Crippen LogP contribution in [0.5, 0.6) is 0 Å². The summed E-state index contributed by atoms with van der Waals surface area (Å²) in [4.78, 5) is 13.8. The van der Waals surface area contributed by atoms with Gasteiger partial charge in [0, 0.05) is 5.54 Å². The molecule has 2 aromatic rings. The molecule has 0 unspecified atom stereocenters. The minimum absolute atomic E-state index is 0.123. The van der Waals surface area contributed by atoms with Crippen molar-refractivity contribution in [1.29, 1.82) is 0 Å². The molecular weight excluding hydrogens is 390 g/mol. The minimum atomic E-state index is -2.68. The lowest BCUT2D eigenvalue weighted by molar-refractivity contribution is 0.0381. The third-order valence-corrected chi connectivity index (χ3v) is 11.1. The van der Waals surface area contributed by atoms with E-state index in [-0.39, 0.29) is 5.04 Å². The van der Waals surface area contributed by atoms with Crippen molar-refractivity contribution in [2.24, 2.45) is 0 Å². The van der Waals surface area contributed by atoms with Crippen LogP contribution in [-0.2, 0) is 4.43 Å². The molecule has 1 amide bonds. The molecule has 162 valence electrons. The second kappa shape index (κ2) is 7.86. The summed E-state index contributed by atoms with van der Waals surface area (Å²) in [6.45, 7) is 13.1. The molecular formula is C25H35NO3Si. The summed E-state index contributed by atoms with van der Waals surface area (Å²) in [6, 6.07) is 21.0. The van der Waals surface area contributed by atoms with Gasteiger partial charge in [0.05, 0.1) is 12.1 Å². The van der Waals surface area contributed by atoms with E-state index < -0.39 is 25.5 Å². The van der Waals surface area contributed by atoms with Gasteiger partial charge in [0.15, 0.2) is 0 Å². The quantitative estimate of drug-likeness (QED) is 0.672. The number of carboxylic acid groups (broad SMARTS) is 1. The Labute approximate surface area is 182 Å². The Balaban J connectivity index is 2.08. The van der Waals surface area contributed by atoms with Crippen LogP contribution in [0.15, 0.2) is 60.7 Å². The summed E-state index contributed by atoms with van der Waals surface area (Å²) in [5.41, 5.74) is -0.922. The topological polar surface area (TPSA) is 49.8 Å². The fourth-order valence-corrected chi connectivity index (χ4v) is 9.42. The average Bonchev–Trinajstić information content (AvgIpc) is 3.41. The van der Waals surface area contributed by atoms with Gasteiger partial charge in [0.25, 0.3) is 8.32 Å². The van der Waals surface area contributed by atoms with Gasteiger partial charge in [-0.3, -0.25) is 4.90 Å². The number of benzene rings is 2. The number of hydrogen-bond acceptors (Lipinski definition) is 2. The Morgan fingerprint density at radius 1 is 0.933 bits per heavy atom. The SMILES string of the molecule is CC(C)(C)N(C(=O)O)C1(CO[Si](c2ccccc2)(c2ccccc2)C(C)(C)C)CC1. The van der Waals surface area contributed by atoms with E-state index in [0.717, 1.165) is 12.8 Å². The Kier molecular flexibility index (Phi) is 5.91. The summed E-state index contributed by atoms with van der Waals surface area (Å²) in [5.74, 6) is 0. The monoisotopic (exact) mass is 425 g/mol. The standard InChI is InChI=1S/C25H35NO3Si/c1-23(2,3)26(22(27)28)25(17-18-25)19-29-30(24(4,5)6,20-13-9-7-10-14-20)21-15-11-8-12-16-21/h7-16H,17-19H2,1-6H3,(H,27,28). The predicted octanol–water partition coefficient (Wildman–Crippen LogP) is 4.87.